The van der Waals surface area contributed by atoms with Crippen LogP contribution in [0.1, 0.15) is 27.9 Å². The molecular formula is C26H27F2N3O3S. The van der Waals surface area contributed by atoms with E-state index in [0.29, 0.717) is 37.4 Å². The molecule has 35 heavy (non-hydrogen) atoms. The highest BCUT2D eigenvalue weighted by atomic mass is 32.2. The standard InChI is InChI=1S/C26H27F2N3O3S/c1-19-17-24(11-12-25(19)28)35(33,34)29-23-9-5-21(6-10-23)26(32)31-14-2-13-30(15-16-31)18-20-3-7-22(27)8-4-20/h3-12,17,29H,2,13-16,18H2,1H3. The Kier molecular flexibility index (Phi) is 7.47. The number of anilines is 1. The molecule has 0 saturated carbocycles. The number of rotatable bonds is 6. The molecule has 1 amide bonds. The summed E-state index contributed by atoms with van der Waals surface area (Å²) in [7, 11) is -3.88. The highest BCUT2D eigenvalue weighted by molar-refractivity contribution is 7.92. The third kappa shape index (κ3) is 6.23. The number of sulfonamides is 1. The maximum absolute atomic E-state index is 13.5. The number of benzene rings is 3. The first-order valence-corrected chi connectivity index (χ1v) is 12.8. The maximum Gasteiger partial charge on any atom is 0.261 e. The first-order chi connectivity index (χ1) is 16.7. The first-order valence-electron chi connectivity index (χ1n) is 11.4. The molecule has 3 aromatic rings. The minimum absolute atomic E-state index is 0.0358. The number of nitrogens with one attached hydrogen (secondary N) is 1. The topological polar surface area (TPSA) is 69.7 Å². The average molecular weight is 500 g/mol. The fraction of sp³-hybridized carbons (Fsp3) is 0.269. The van der Waals surface area contributed by atoms with Crippen LogP contribution in [0.4, 0.5) is 14.5 Å². The van der Waals surface area contributed by atoms with Crippen molar-refractivity contribution in [3.63, 3.8) is 0 Å². The van der Waals surface area contributed by atoms with Crippen LogP contribution in [0.15, 0.2) is 71.6 Å². The van der Waals surface area contributed by atoms with Crippen molar-refractivity contribution in [2.75, 3.05) is 30.9 Å². The van der Waals surface area contributed by atoms with Gasteiger partial charge in [-0.3, -0.25) is 14.4 Å². The molecule has 1 saturated heterocycles. The molecule has 1 N–H and O–H groups in total. The zero-order valence-corrected chi connectivity index (χ0v) is 20.2. The van der Waals surface area contributed by atoms with Crippen LogP contribution < -0.4 is 4.72 Å². The number of carbonyl (C=O) groups excluding carboxylic acids is 1. The Morgan fingerprint density at radius 3 is 2.31 bits per heavy atom. The lowest BCUT2D eigenvalue weighted by atomic mass is 10.2. The van der Waals surface area contributed by atoms with E-state index in [9.17, 15) is 22.0 Å². The molecule has 4 rings (SSSR count). The summed E-state index contributed by atoms with van der Waals surface area (Å²) in [6.45, 7) is 4.93. The van der Waals surface area contributed by atoms with Gasteiger partial charge in [0.25, 0.3) is 15.9 Å². The van der Waals surface area contributed by atoms with E-state index >= 15 is 0 Å². The molecule has 0 radical (unpaired) electrons. The van der Waals surface area contributed by atoms with E-state index in [1.54, 1.807) is 41.3 Å². The van der Waals surface area contributed by atoms with Gasteiger partial charge >= 0.3 is 0 Å². The highest BCUT2D eigenvalue weighted by Crippen LogP contribution is 2.20. The lowest BCUT2D eigenvalue weighted by Gasteiger charge is -2.22. The minimum Gasteiger partial charge on any atom is -0.337 e. The Hall–Kier alpha value is -3.30. The summed E-state index contributed by atoms with van der Waals surface area (Å²) < 4.78 is 54.3. The Morgan fingerprint density at radius 2 is 1.63 bits per heavy atom. The average Bonchev–Trinajstić information content (AvgIpc) is 3.07. The van der Waals surface area contributed by atoms with Gasteiger partial charge in [-0.2, -0.15) is 0 Å². The van der Waals surface area contributed by atoms with Crippen LogP contribution in [0.25, 0.3) is 0 Å². The van der Waals surface area contributed by atoms with Crippen molar-refractivity contribution in [1.82, 2.24) is 9.80 Å². The second kappa shape index (κ2) is 10.5. The van der Waals surface area contributed by atoms with Crippen molar-refractivity contribution in [3.05, 3.63) is 95.1 Å². The molecule has 0 unspecified atom stereocenters. The number of nitrogens with zero attached hydrogens (tertiary/aromatic N) is 2. The summed E-state index contributed by atoms with van der Waals surface area (Å²) in [6.07, 6.45) is 0.821. The summed E-state index contributed by atoms with van der Waals surface area (Å²) in [5.41, 5.74) is 2.05. The molecule has 184 valence electrons. The van der Waals surface area contributed by atoms with Crippen LogP contribution in [0.5, 0.6) is 0 Å². The van der Waals surface area contributed by atoms with Crippen molar-refractivity contribution in [1.29, 1.82) is 0 Å². The van der Waals surface area contributed by atoms with Crippen LogP contribution in [-0.2, 0) is 16.6 Å². The molecule has 0 aromatic heterocycles. The molecule has 0 aliphatic carbocycles. The lowest BCUT2D eigenvalue weighted by Crippen LogP contribution is -2.35. The molecule has 0 atom stereocenters. The highest BCUT2D eigenvalue weighted by Gasteiger charge is 2.21. The van der Waals surface area contributed by atoms with Gasteiger partial charge in [0.05, 0.1) is 4.90 Å². The predicted octanol–water partition coefficient (Wildman–Crippen LogP) is 4.42. The Balaban J connectivity index is 1.36. The SMILES string of the molecule is Cc1cc(S(=O)(=O)Nc2ccc(C(=O)N3CCCN(Cc4ccc(F)cc4)CC3)cc2)ccc1F. The van der Waals surface area contributed by atoms with E-state index in [1.807, 2.05) is 0 Å². The van der Waals surface area contributed by atoms with Gasteiger partial charge in [-0.05, 0) is 79.1 Å². The van der Waals surface area contributed by atoms with E-state index in [0.717, 1.165) is 24.6 Å². The molecule has 9 heteroatoms. The van der Waals surface area contributed by atoms with E-state index < -0.39 is 15.8 Å². The Labute approximate surface area is 204 Å². The number of hydrogen-bond acceptors (Lipinski definition) is 4. The lowest BCUT2D eigenvalue weighted by molar-refractivity contribution is 0.0761. The second-order valence-corrected chi connectivity index (χ2v) is 10.3. The Bertz CT molecular complexity index is 1300. The predicted molar refractivity (Wildman–Crippen MR) is 131 cm³/mol. The van der Waals surface area contributed by atoms with Crippen molar-refractivity contribution in [3.8, 4) is 0 Å². The van der Waals surface area contributed by atoms with E-state index in [4.69, 9.17) is 0 Å². The van der Waals surface area contributed by atoms with Crippen LogP contribution >= 0.6 is 0 Å². The van der Waals surface area contributed by atoms with Crippen LogP contribution in [0, 0.1) is 18.6 Å². The number of halogens is 2. The first kappa shape index (κ1) is 24.8. The fourth-order valence-corrected chi connectivity index (χ4v) is 5.19. The van der Waals surface area contributed by atoms with Gasteiger partial charge in [0, 0.05) is 44.0 Å². The molecular weight excluding hydrogens is 472 g/mol. The number of aryl methyl sites for hydroxylation is 1. The van der Waals surface area contributed by atoms with Gasteiger partial charge in [0.15, 0.2) is 0 Å². The number of amides is 1. The molecule has 1 heterocycles. The van der Waals surface area contributed by atoms with E-state index in [-0.39, 0.29) is 22.2 Å². The molecule has 3 aromatic carbocycles. The van der Waals surface area contributed by atoms with Crippen molar-refractivity contribution < 1.29 is 22.0 Å². The zero-order valence-electron chi connectivity index (χ0n) is 19.4. The summed E-state index contributed by atoms with van der Waals surface area (Å²) in [6, 6.07) is 16.3. The quantitative estimate of drug-likeness (QED) is 0.545. The largest absolute Gasteiger partial charge is 0.337 e. The third-order valence-corrected chi connectivity index (χ3v) is 7.40. The molecule has 1 aliphatic rings. The number of carbonyl (C=O) groups is 1. The molecule has 1 fully saturated rings. The van der Waals surface area contributed by atoms with Gasteiger partial charge in [0.2, 0.25) is 0 Å². The van der Waals surface area contributed by atoms with Crippen molar-refractivity contribution in [2.24, 2.45) is 0 Å². The summed E-state index contributed by atoms with van der Waals surface area (Å²) in [5, 5.41) is 0. The van der Waals surface area contributed by atoms with Gasteiger partial charge in [0.1, 0.15) is 11.6 Å². The molecule has 0 bridgehead atoms. The molecule has 0 spiro atoms. The van der Waals surface area contributed by atoms with Crippen molar-refractivity contribution in [2.45, 2.75) is 24.8 Å². The van der Waals surface area contributed by atoms with E-state index in [2.05, 4.69) is 9.62 Å². The third-order valence-electron chi connectivity index (χ3n) is 6.02. The Morgan fingerprint density at radius 1 is 0.914 bits per heavy atom. The normalized spacial score (nSPS) is 15.0. The number of hydrogen-bond donors (Lipinski definition) is 1. The molecule has 1 aliphatic heterocycles. The van der Waals surface area contributed by atoms with Gasteiger partial charge in [-0.25, -0.2) is 17.2 Å². The zero-order chi connectivity index (χ0) is 25.0. The monoisotopic (exact) mass is 499 g/mol. The minimum atomic E-state index is -3.88. The van der Waals surface area contributed by atoms with Crippen LogP contribution in [0.3, 0.4) is 0 Å². The van der Waals surface area contributed by atoms with E-state index in [1.165, 1.54) is 31.2 Å². The van der Waals surface area contributed by atoms with Crippen LogP contribution in [-0.4, -0.2) is 50.3 Å². The van der Waals surface area contributed by atoms with Crippen molar-refractivity contribution >= 4 is 21.6 Å². The summed E-state index contributed by atoms with van der Waals surface area (Å²) in [5.74, 6) is -0.845. The molecule has 6 nitrogen and oxygen atoms in total. The second-order valence-electron chi connectivity index (χ2n) is 8.64. The maximum atomic E-state index is 13.5. The smallest absolute Gasteiger partial charge is 0.261 e. The van der Waals surface area contributed by atoms with Crippen LogP contribution in [0.2, 0.25) is 0 Å². The summed E-state index contributed by atoms with van der Waals surface area (Å²) >= 11 is 0. The fourth-order valence-electron chi connectivity index (χ4n) is 4.04. The van der Waals surface area contributed by atoms with Gasteiger partial charge in [-0.1, -0.05) is 12.1 Å². The van der Waals surface area contributed by atoms with Gasteiger partial charge < -0.3 is 4.90 Å². The summed E-state index contributed by atoms with van der Waals surface area (Å²) in [4.78, 5) is 17.0. The van der Waals surface area contributed by atoms with Gasteiger partial charge in [-0.15, -0.1) is 0 Å².